The van der Waals surface area contributed by atoms with E-state index in [1.54, 1.807) is 0 Å². The first-order chi connectivity index (χ1) is 12.1. The number of carboxylic acids is 1. The minimum absolute atomic E-state index is 0.0901. The number of ketones is 1. The fourth-order valence-electron chi connectivity index (χ4n) is 3.60. The Morgan fingerprint density at radius 1 is 0.962 bits per heavy atom. The van der Waals surface area contributed by atoms with E-state index in [9.17, 15) is 9.59 Å². The van der Waals surface area contributed by atoms with Crippen LogP contribution in [0.4, 0.5) is 0 Å². The fraction of sp³-hybridized carbons (Fsp3) is 0.429. The molecule has 0 unspecified atom stereocenters. The van der Waals surface area contributed by atoms with Crippen molar-refractivity contribution in [3.8, 4) is 0 Å². The Balaban J connectivity index is 1.87. The van der Waals surface area contributed by atoms with E-state index in [-0.39, 0.29) is 34.4 Å². The molecule has 136 valence electrons. The summed E-state index contributed by atoms with van der Waals surface area (Å²) in [5.74, 6) is -1.32. The SMILES string of the molecule is CC1(C)CCC(C)(C)c2cc(CC(=O)c3cnc(C(=O)O)cn3)ccc21. The molecule has 0 bridgehead atoms. The Morgan fingerprint density at radius 2 is 1.54 bits per heavy atom. The second-order valence-corrected chi connectivity index (χ2v) is 8.34. The molecule has 1 aromatic heterocycles. The van der Waals surface area contributed by atoms with Crippen molar-refractivity contribution in [1.29, 1.82) is 0 Å². The molecule has 0 fully saturated rings. The van der Waals surface area contributed by atoms with Crippen LogP contribution in [0.25, 0.3) is 0 Å². The van der Waals surface area contributed by atoms with Gasteiger partial charge in [-0.15, -0.1) is 0 Å². The van der Waals surface area contributed by atoms with Gasteiger partial charge in [-0.25, -0.2) is 14.8 Å². The summed E-state index contributed by atoms with van der Waals surface area (Å²) >= 11 is 0. The molecule has 1 aliphatic rings. The Kier molecular flexibility index (Phi) is 4.42. The van der Waals surface area contributed by atoms with Gasteiger partial charge in [0, 0.05) is 6.42 Å². The zero-order valence-corrected chi connectivity index (χ0v) is 15.7. The molecule has 5 nitrogen and oxygen atoms in total. The zero-order chi connectivity index (χ0) is 19.1. The quantitative estimate of drug-likeness (QED) is 0.843. The largest absolute Gasteiger partial charge is 0.476 e. The molecule has 1 heterocycles. The number of Topliss-reactive ketones (excluding diaryl/α,β-unsaturated/α-hetero) is 1. The molecular formula is C21H24N2O3. The molecule has 1 aromatic carbocycles. The van der Waals surface area contributed by atoms with Crippen LogP contribution in [0.5, 0.6) is 0 Å². The van der Waals surface area contributed by atoms with Crippen LogP contribution in [-0.2, 0) is 17.3 Å². The number of benzene rings is 1. The average molecular weight is 352 g/mol. The highest BCUT2D eigenvalue weighted by atomic mass is 16.4. The molecule has 0 radical (unpaired) electrons. The van der Waals surface area contributed by atoms with Crippen molar-refractivity contribution < 1.29 is 14.7 Å². The summed E-state index contributed by atoms with van der Waals surface area (Å²) in [6.45, 7) is 9.04. The highest BCUT2D eigenvalue weighted by molar-refractivity contribution is 5.96. The lowest BCUT2D eigenvalue weighted by Crippen LogP contribution is -2.34. The first-order valence-corrected chi connectivity index (χ1v) is 8.83. The van der Waals surface area contributed by atoms with Crippen molar-refractivity contribution in [2.45, 2.75) is 57.8 Å². The number of rotatable bonds is 4. The van der Waals surface area contributed by atoms with E-state index in [0.29, 0.717) is 0 Å². The van der Waals surface area contributed by atoms with Gasteiger partial charge in [-0.05, 0) is 40.4 Å². The maximum Gasteiger partial charge on any atom is 0.356 e. The first kappa shape index (κ1) is 18.2. The number of carboxylic acid groups (broad SMARTS) is 1. The highest BCUT2D eigenvalue weighted by Gasteiger charge is 2.36. The Bertz CT molecular complexity index is 867. The average Bonchev–Trinajstić information content (AvgIpc) is 2.59. The van der Waals surface area contributed by atoms with E-state index >= 15 is 0 Å². The number of hydrogen-bond acceptors (Lipinski definition) is 4. The van der Waals surface area contributed by atoms with E-state index in [0.717, 1.165) is 24.6 Å². The lowest BCUT2D eigenvalue weighted by molar-refractivity contribution is 0.0689. The van der Waals surface area contributed by atoms with Gasteiger partial charge in [-0.1, -0.05) is 45.9 Å². The predicted molar refractivity (Wildman–Crippen MR) is 98.8 cm³/mol. The van der Waals surface area contributed by atoms with Gasteiger partial charge in [-0.3, -0.25) is 4.79 Å². The standard InChI is InChI=1S/C21H24N2O3/c1-20(2)7-8-21(3,4)15-9-13(5-6-14(15)20)10-18(24)16-11-23-17(12-22-16)19(25)26/h5-6,9,11-12H,7-8,10H2,1-4H3,(H,25,26). The van der Waals surface area contributed by atoms with E-state index in [4.69, 9.17) is 5.11 Å². The predicted octanol–water partition coefficient (Wildman–Crippen LogP) is 3.95. The molecule has 0 atom stereocenters. The number of nitrogens with zero attached hydrogens (tertiary/aromatic N) is 2. The molecule has 0 spiro atoms. The first-order valence-electron chi connectivity index (χ1n) is 8.83. The lowest BCUT2D eigenvalue weighted by atomic mass is 9.63. The zero-order valence-electron chi connectivity index (χ0n) is 15.7. The van der Waals surface area contributed by atoms with Gasteiger partial charge in [0.2, 0.25) is 0 Å². The summed E-state index contributed by atoms with van der Waals surface area (Å²) in [6.07, 6.45) is 4.85. The number of carbonyl (C=O) groups is 2. The van der Waals surface area contributed by atoms with Gasteiger partial charge >= 0.3 is 5.97 Å². The maximum absolute atomic E-state index is 12.5. The minimum Gasteiger partial charge on any atom is -0.476 e. The summed E-state index contributed by atoms with van der Waals surface area (Å²) in [6, 6.07) is 6.31. The van der Waals surface area contributed by atoms with Crippen LogP contribution in [0.1, 0.15) is 78.2 Å². The number of carbonyl (C=O) groups excluding carboxylic acids is 1. The second-order valence-electron chi connectivity index (χ2n) is 8.34. The van der Waals surface area contributed by atoms with E-state index in [1.165, 1.54) is 17.3 Å². The Labute approximate surface area is 153 Å². The molecule has 0 amide bonds. The summed E-state index contributed by atoms with van der Waals surface area (Å²) in [7, 11) is 0. The molecule has 1 aliphatic carbocycles. The molecule has 5 heteroatoms. The van der Waals surface area contributed by atoms with Crippen LogP contribution < -0.4 is 0 Å². The topological polar surface area (TPSA) is 80.2 Å². The summed E-state index contributed by atoms with van der Waals surface area (Å²) in [5, 5.41) is 8.87. The number of hydrogen-bond donors (Lipinski definition) is 1. The maximum atomic E-state index is 12.5. The van der Waals surface area contributed by atoms with Gasteiger partial charge in [0.15, 0.2) is 11.5 Å². The van der Waals surface area contributed by atoms with Gasteiger partial charge in [0.1, 0.15) is 5.69 Å². The van der Waals surface area contributed by atoms with Crippen LogP contribution in [-0.4, -0.2) is 26.8 Å². The van der Waals surface area contributed by atoms with E-state index in [2.05, 4.69) is 49.8 Å². The number of aromatic carboxylic acids is 1. The minimum atomic E-state index is -1.16. The summed E-state index contributed by atoms with van der Waals surface area (Å²) in [4.78, 5) is 31.1. The molecule has 3 rings (SSSR count). The van der Waals surface area contributed by atoms with Crippen LogP contribution in [0.2, 0.25) is 0 Å². The van der Waals surface area contributed by atoms with Crippen molar-refractivity contribution in [2.24, 2.45) is 0 Å². The van der Waals surface area contributed by atoms with Crippen molar-refractivity contribution in [2.75, 3.05) is 0 Å². The lowest BCUT2D eigenvalue weighted by Gasteiger charge is -2.42. The third-order valence-electron chi connectivity index (χ3n) is 5.44. The fourth-order valence-corrected chi connectivity index (χ4v) is 3.60. The van der Waals surface area contributed by atoms with E-state index in [1.807, 2.05) is 6.07 Å². The van der Waals surface area contributed by atoms with Gasteiger partial charge in [0.25, 0.3) is 0 Å². The molecule has 1 N–H and O–H groups in total. The van der Waals surface area contributed by atoms with Crippen molar-refractivity contribution in [3.63, 3.8) is 0 Å². The van der Waals surface area contributed by atoms with Crippen LogP contribution >= 0.6 is 0 Å². The van der Waals surface area contributed by atoms with Gasteiger partial charge < -0.3 is 5.11 Å². The smallest absolute Gasteiger partial charge is 0.356 e. The molecule has 2 aromatic rings. The second kappa shape index (κ2) is 6.31. The number of aromatic nitrogens is 2. The molecule has 0 saturated heterocycles. The third-order valence-corrected chi connectivity index (χ3v) is 5.44. The highest BCUT2D eigenvalue weighted by Crippen LogP contribution is 2.45. The number of fused-ring (bicyclic) bond motifs is 1. The molecule has 26 heavy (non-hydrogen) atoms. The molecule has 0 saturated carbocycles. The summed E-state index contributed by atoms with van der Waals surface area (Å²) < 4.78 is 0. The molecule has 0 aliphatic heterocycles. The van der Waals surface area contributed by atoms with E-state index < -0.39 is 5.97 Å². The Morgan fingerprint density at radius 3 is 2.12 bits per heavy atom. The van der Waals surface area contributed by atoms with Crippen molar-refractivity contribution >= 4 is 11.8 Å². The normalized spacial score (nSPS) is 17.4. The van der Waals surface area contributed by atoms with Crippen molar-refractivity contribution in [1.82, 2.24) is 9.97 Å². The monoisotopic (exact) mass is 352 g/mol. The van der Waals surface area contributed by atoms with Crippen LogP contribution in [0.15, 0.2) is 30.6 Å². The molecular weight excluding hydrogens is 328 g/mol. The van der Waals surface area contributed by atoms with Gasteiger partial charge in [-0.2, -0.15) is 0 Å². The van der Waals surface area contributed by atoms with Gasteiger partial charge in [0.05, 0.1) is 12.4 Å². The van der Waals surface area contributed by atoms with Crippen molar-refractivity contribution in [3.05, 3.63) is 58.7 Å². The Hall–Kier alpha value is -2.56. The third kappa shape index (κ3) is 3.39. The summed E-state index contributed by atoms with van der Waals surface area (Å²) in [5.41, 5.74) is 3.87. The van der Waals surface area contributed by atoms with Crippen LogP contribution in [0, 0.1) is 0 Å². The van der Waals surface area contributed by atoms with Crippen LogP contribution in [0.3, 0.4) is 0 Å².